The molecule has 15 heavy (non-hydrogen) atoms. The summed E-state index contributed by atoms with van der Waals surface area (Å²) in [5.74, 6) is 0. The summed E-state index contributed by atoms with van der Waals surface area (Å²) in [6.45, 7) is 0. The number of nitrogens with one attached hydrogen (secondary N) is 3. The number of hydrogen-bond acceptors (Lipinski definition) is 1. The molecule has 0 bridgehead atoms. The van der Waals surface area contributed by atoms with Crippen LogP contribution in [0.3, 0.4) is 0 Å². The number of amides is 2. The predicted molar refractivity (Wildman–Crippen MR) is 59.9 cm³/mol. The molecule has 0 atom stereocenters. The van der Waals surface area contributed by atoms with Crippen LogP contribution in [0.15, 0.2) is 48.8 Å². The zero-order chi connectivity index (χ0) is 10.5. The Balaban J connectivity index is 1.94. The minimum Gasteiger partial charge on any atom is -0.366 e. The Bertz CT molecular complexity index is 422. The van der Waals surface area contributed by atoms with Gasteiger partial charge in [0.2, 0.25) is 0 Å². The summed E-state index contributed by atoms with van der Waals surface area (Å²) in [6, 6.07) is 10.8. The lowest BCUT2D eigenvalue weighted by Crippen LogP contribution is -2.18. The van der Waals surface area contributed by atoms with Crippen LogP contribution in [0.25, 0.3) is 0 Å². The van der Waals surface area contributed by atoms with Crippen molar-refractivity contribution in [2.75, 3.05) is 10.6 Å². The fraction of sp³-hybridized carbons (Fsp3) is 0. The number of aromatic amines is 1. The average molecular weight is 201 g/mol. The molecular formula is C11H11N3O. The van der Waals surface area contributed by atoms with Gasteiger partial charge in [-0.1, -0.05) is 18.2 Å². The number of urea groups is 1. The Morgan fingerprint density at radius 2 is 1.73 bits per heavy atom. The van der Waals surface area contributed by atoms with Gasteiger partial charge in [-0.3, -0.25) is 0 Å². The second-order valence-corrected chi connectivity index (χ2v) is 3.04. The number of para-hydroxylation sites is 1. The van der Waals surface area contributed by atoms with Gasteiger partial charge in [0.05, 0.1) is 5.69 Å². The molecule has 2 amide bonds. The summed E-state index contributed by atoms with van der Waals surface area (Å²) in [5, 5.41) is 5.41. The fourth-order valence-corrected chi connectivity index (χ4v) is 1.22. The van der Waals surface area contributed by atoms with Gasteiger partial charge in [-0.25, -0.2) is 4.79 Å². The molecule has 4 heteroatoms. The van der Waals surface area contributed by atoms with Crippen LogP contribution in [0.4, 0.5) is 16.2 Å². The molecule has 4 nitrogen and oxygen atoms in total. The van der Waals surface area contributed by atoms with E-state index in [1.165, 1.54) is 0 Å². The Kier molecular flexibility index (Phi) is 2.69. The van der Waals surface area contributed by atoms with Gasteiger partial charge in [0.1, 0.15) is 0 Å². The lowest BCUT2D eigenvalue weighted by Gasteiger charge is -2.05. The van der Waals surface area contributed by atoms with Gasteiger partial charge in [0, 0.05) is 18.1 Å². The first-order valence-electron chi connectivity index (χ1n) is 4.60. The molecule has 0 aliphatic heterocycles. The van der Waals surface area contributed by atoms with Crippen molar-refractivity contribution in [3.63, 3.8) is 0 Å². The second-order valence-electron chi connectivity index (χ2n) is 3.04. The smallest absolute Gasteiger partial charge is 0.323 e. The molecule has 0 radical (unpaired) electrons. The van der Waals surface area contributed by atoms with E-state index in [4.69, 9.17) is 0 Å². The normalized spacial score (nSPS) is 9.60. The quantitative estimate of drug-likeness (QED) is 0.687. The van der Waals surface area contributed by atoms with Crippen LogP contribution in [0, 0.1) is 0 Å². The highest BCUT2D eigenvalue weighted by Crippen LogP contribution is 2.07. The van der Waals surface area contributed by atoms with Gasteiger partial charge < -0.3 is 15.6 Å². The Morgan fingerprint density at radius 1 is 1.00 bits per heavy atom. The molecule has 0 saturated carbocycles. The summed E-state index contributed by atoms with van der Waals surface area (Å²) in [7, 11) is 0. The molecule has 0 fully saturated rings. The lowest BCUT2D eigenvalue weighted by atomic mass is 10.3. The minimum atomic E-state index is -0.249. The highest BCUT2D eigenvalue weighted by atomic mass is 16.2. The molecule has 0 unspecified atom stereocenters. The van der Waals surface area contributed by atoms with E-state index in [0.717, 1.165) is 11.4 Å². The molecule has 0 spiro atoms. The van der Waals surface area contributed by atoms with Crippen molar-refractivity contribution in [2.45, 2.75) is 0 Å². The first-order valence-corrected chi connectivity index (χ1v) is 4.60. The Hall–Kier alpha value is -2.23. The van der Waals surface area contributed by atoms with E-state index in [2.05, 4.69) is 15.6 Å². The zero-order valence-corrected chi connectivity index (χ0v) is 8.03. The minimum absolute atomic E-state index is 0.249. The van der Waals surface area contributed by atoms with E-state index >= 15 is 0 Å². The zero-order valence-electron chi connectivity index (χ0n) is 8.03. The molecule has 3 N–H and O–H groups in total. The van der Waals surface area contributed by atoms with Gasteiger partial charge in [0.25, 0.3) is 0 Å². The SMILES string of the molecule is O=C(Nc1ccccc1)Nc1cc[nH]c1. The third-order valence-electron chi connectivity index (χ3n) is 1.89. The number of H-pyrrole nitrogens is 1. The largest absolute Gasteiger partial charge is 0.366 e. The van der Waals surface area contributed by atoms with Crippen molar-refractivity contribution in [1.82, 2.24) is 4.98 Å². The van der Waals surface area contributed by atoms with Crippen molar-refractivity contribution in [2.24, 2.45) is 0 Å². The van der Waals surface area contributed by atoms with E-state index in [0.29, 0.717) is 0 Å². The van der Waals surface area contributed by atoms with Crippen molar-refractivity contribution < 1.29 is 4.79 Å². The van der Waals surface area contributed by atoms with Gasteiger partial charge in [-0.15, -0.1) is 0 Å². The van der Waals surface area contributed by atoms with E-state index in [-0.39, 0.29) is 6.03 Å². The van der Waals surface area contributed by atoms with E-state index in [1.54, 1.807) is 18.5 Å². The van der Waals surface area contributed by atoms with E-state index < -0.39 is 0 Å². The monoisotopic (exact) mass is 201 g/mol. The highest BCUT2D eigenvalue weighted by Gasteiger charge is 2.01. The van der Waals surface area contributed by atoms with Crippen LogP contribution in [0.5, 0.6) is 0 Å². The van der Waals surface area contributed by atoms with Gasteiger partial charge in [-0.05, 0) is 18.2 Å². The molecular weight excluding hydrogens is 190 g/mol. The van der Waals surface area contributed by atoms with Crippen LogP contribution in [-0.4, -0.2) is 11.0 Å². The summed E-state index contributed by atoms with van der Waals surface area (Å²) in [6.07, 6.45) is 3.46. The van der Waals surface area contributed by atoms with E-state index in [1.807, 2.05) is 30.3 Å². The topological polar surface area (TPSA) is 56.9 Å². The van der Waals surface area contributed by atoms with Crippen LogP contribution in [0.2, 0.25) is 0 Å². The lowest BCUT2D eigenvalue weighted by molar-refractivity contribution is 0.262. The number of carbonyl (C=O) groups is 1. The van der Waals surface area contributed by atoms with Gasteiger partial charge in [-0.2, -0.15) is 0 Å². The maximum atomic E-state index is 11.4. The Morgan fingerprint density at radius 3 is 2.40 bits per heavy atom. The van der Waals surface area contributed by atoms with Gasteiger partial charge >= 0.3 is 6.03 Å². The van der Waals surface area contributed by atoms with Gasteiger partial charge in [0.15, 0.2) is 0 Å². The highest BCUT2D eigenvalue weighted by molar-refractivity contribution is 5.99. The standard InChI is InChI=1S/C11H11N3O/c15-11(14-10-6-7-12-8-10)13-9-4-2-1-3-5-9/h1-8,12H,(H2,13,14,15). The second kappa shape index (κ2) is 4.32. The maximum Gasteiger partial charge on any atom is 0.323 e. The molecule has 1 aromatic heterocycles. The van der Waals surface area contributed by atoms with E-state index in [9.17, 15) is 4.79 Å². The molecule has 2 rings (SSSR count). The van der Waals surface area contributed by atoms with Crippen molar-refractivity contribution >= 4 is 17.4 Å². The Labute approximate surface area is 87.3 Å². The number of rotatable bonds is 2. The number of aromatic nitrogens is 1. The van der Waals surface area contributed by atoms with Crippen molar-refractivity contribution in [3.05, 3.63) is 48.8 Å². The number of benzene rings is 1. The number of hydrogen-bond donors (Lipinski definition) is 3. The summed E-state index contributed by atoms with van der Waals surface area (Å²) in [5.41, 5.74) is 1.51. The summed E-state index contributed by atoms with van der Waals surface area (Å²) < 4.78 is 0. The first kappa shape index (κ1) is 9.33. The average Bonchev–Trinajstić information content (AvgIpc) is 2.71. The molecule has 1 heterocycles. The molecule has 76 valence electrons. The molecule has 2 aromatic rings. The van der Waals surface area contributed by atoms with Crippen LogP contribution in [0.1, 0.15) is 0 Å². The van der Waals surface area contributed by atoms with Crippen LogP contribution >= 0.6 is 0 Å². The molecule has 0 aliphatic rings. The maximum absolute atomic E-state index is 11.4. The van der Waals surface area contributed by atoms with Crippen molar-refractivity contribution in [1.29, 1.82) is 0 Å². The summed E-state index contributed by atoms with van der Waals surface area (Å²) in [4.78, 5) is 14.3. The fourth-order valence-electron chi connectivity index (χ4n) is 1.22. The van der Waals surface area contributed by atoms with Crippen LogP contribution < -0.4 is 10.6 Å². The number of carbonyl (C=O) groups excluding carboxylic acids is 1. The molecule has 0 aliphatic carbocycles. The van der Waals surface area contributed by atoms with Crippen LogP contribution in [-0.2, 0) is 0 Å². The first-order chi connectivity index (χ1) is 7.34. The van der Waals surface area contributed by atoms with Crippen molar-refractivity contribution in [3.8, 4) is 0 Å². The molecule has 1 aromatic carbocycles. The third kappa shape index (κ3) is 2.60. The number of anilines is 2. The third-order valence-corrected chi connectivity index (χ3v) is 1.89. The summed E-state index contributed by atoms with van der Waals surface area (Å²) >= 11 is 0. The molecule has 0 saturated heterocycles. The predicted octanol–water partition coefficient (Wildman–Crippen LogP) is 2.66.